The van der Waals surface area contributed by atoms with E-state index in [1.807, 2.05) is 111 Å². The lowest BCUT2D eigenvalue weighted by Gasteiger charge is -2.36. The molecule has 2 heterocycles. The van der Waals surface area contributed by atoms with E-state index in [9.17, 15) is 9.59 Å². The van der Waals surface area contributed by atoms with Crippen LogP contribution in [0, 0.1) is 0 Å². The molecule has 266 valence electrons. The predicted molar refractivity (Wildman–Crippen MR) is 196 cm³/mol. The third-order valence-corrected chi connectivity index (χ3v) is 8.14. The van der Waals surface area contributed by atoms with Crippen molar-refractivity contribution >= 4 is 29.6 Å². The third kappa shape index (κ3) is 9.96. The van der Waals surface area contributed by atoms with Gasteiger partial charge in [-0.2, -0.15) is 4.98 Å². The Balaban J connectivity index is 0.00000276. The first kappa shape index (κ1) is 37.7. The number of piperidine rings is 1. The highest BCUT2D eigenvalue weighted by Gasteiger charge is 2.35. The molecular weight excluding hydrogens is 635 g/mol. The largest absolute Gasteiger partial charge is 0.473 e. The van der Waals surface area contributed by atoms with Crippen molar-refractivity contribution in [3.8, 4) is 11.8 Å². The summed E-state index contributed by atoms with van der Waals surface area (Å²) in [4.78, 5) is 34.2. The number of nitrogens with zero attached hydrogens (tertiary/aromatic N) is 4. The second-order valence-electron chi connectivity index (χ2n) is 12.9. The molecule has 1 aromatic heterocycles. The van der Waals surface area contributed by atoms with E-state index in [0.717, 1.165) is 23.1 Å². The van der Waals surface area contributed by atoms with Gasteiger partial charge < -0.3 is 28.9 Å². The molecule has 5 rings (SSSR count). The van der Waals surface area contributed by atoms with Crippen LogP contribution in [0.3, 0.4) is 0 Å². The van der Waals surface area contributed by atoms with Gasteiger partial charge >= 0.3 is 6.09 Å². The number of aromatic nitrogens is 1. The average Bonchev–Trinajstić information content (AvgIpc) is 3.13. The van der Waals surface area contributed by atoms with Gasteiger partial charge in [-0.1, -0.05) is 80.6 Å². The Morgan fingerprint density at radius 3 is 2.06 bits per heavy atom. The van der Waals surface area contributed by atoms with E-state index in [2.05, 4.69) is 0 Å². The maximum Gasteiger partial charge on any atom is 0.410 e. The second-order valence-corrected chi connectivity index (χ2v) is 12.9. The summed E-state index contributed by atoms with van der Waals surface area (Å²) in [6, 6.07) is 28.9. The number of carbonyl (C=O) groups excluding carboxylic acids is 2. The molecular formula is C40H49FN4O5. The van der Waals surface area contributed by atoms with Gasteiger partial charge in [-0.05, 0) is 62.1 Å². The van der Waals surface area contributed by atoms with Crippen LogP contribution in [0.2, 0.25) is 0 Å². The standard InChI is InChI=1S/C38H43FN4O5.C2H6/c1-38(2,3)48-37(45)43-21-20-30(31(39)23-43)29-16-17-32(34(22-29)41(4)26-44)42(5)33-18-19-35(46-24-27-12-8-6-9-13-27)40-36(33)47-25-28-14-10-7-11-15-28;1-2/h6-19,22,26,30-31H,20-21,23-25H2,1-5H3;1-2H3. The number of hydrogen-bond acceptors (Lipinski definition) is 7. The van der Waals surface area contributed by atoms with E-state index >= 15 is 4.39 Å². The molecule has 0 N–H and O–H groups in total. The number of ether oxygens (including phenoxy) is 3. The molecule has 10 heteroatoms. The fourth-order valence-corrected chi connectivity index (χ4v) is 5.61. The van der Waals surface area contributed by atoms with Crippen LogP contribution < -0.4 is 19.3 Å². The highest BCUT2D eigenvalue weighted by Crippen LogP contribution is 2.41. The molecule has 0 saturated carbocycles. The molecule has 2 amide bonds. The summed E-state index contributed by atoms with van der Waals surface area (Å²) in [5, 5.41) is 0. The van der Waals surface area contributed by atoms with Crippen LogP contribution in [-0.2, 0) is 22.7 Å². The Morgan fingerprint density at radius 1 is 0.880 bits per heavy atom. The fourth-order valence-electron chi connectivity index (χ4n) is 5.61. The number of likely N-dealkylation sites (tertiary alicyclic amines) is 1. The number of rotatable bonds is 11. The van der Waals surface area contributed by atoms with E-state index in [0.29, 0.717) is 48.4 Å². The van der Waals surface area contributed by atoms with E-state index in [1.165, 1.54) is 9.80 Å². The van der Waals surface area contributed by atoms with Gasteiger partial charge in [0.15, 0.2) is 0 Å². The summed E-state index contributed by atoms with van der Waals surface area (Å²) in [7, 11) is 3.53. The number of pyridine rings is 1. The van der Waals surface area contributed by atoms with E-state index in [-0.39, 0.29) is 13.2 Å². The molecule has 1 fully saturated rings. The quantitative estimate of drug-likeness (QED) is 0.146. The Kier molecular flexibility index (Phi) is 13.2. The van der Waals surface area contributed by atoms with Gasteiger partial charge in [0.25, 0.3) is 0 Å². The first-order valence-corrected chi connectivity index (χ1v) is 17.0. The SMILES string of the molecule is CC.CN(C=O)c1cc(C2CCN(C(=O)OC(C)(C)C)CC2F)ccc1N(C)c1ccc(OCc2ccccc2)nc1OCc1ccccc1. The Morgan fingerprint density at radius 2 is 1.48 bits per heavy atom. The first-order valence-electron chi connectivity index (χ1n) is 17.0. The van der Waals surface area contributed by atoms with Crippen LogP contribution >= 0.6 is 0 Å². The number of amides is 2. The van der Waals surface area contributed by atoms with Crippen molar-refractivity contribution in [1.29, 1.82) is 0 Å². The maximum atomic E-state index is 15.6. The summed E-state index contributed by atoms with van der Waals surface area (Å²) < 4.78 is 33.4. The normalized spacial score (nSPS) is 15.6. The van der Waals surface area contributed by atoms with Gasteiger partial charge in [-0.25, -0.2) is 9.18 Å². The molecule has 1 aliphatic heterocycles. The summed E-state index contributed by atoms with van der Waals surface area (Å²) in [5.74, 6) is 0.315. The van der Waals surface area contributed by atoms with Gasteiger partial charge in [0, 0.05) is 32.6 Å². The van der Waals surface area contributed by atoms with Gasteiger partial charge in [0.2, 0.25) is 18.2 Å². The molecule has 4 aromatic rings. The summed E-state index contributed by atoms with van der Waals surface area (Å²) in [6.45, 7) is 10.3. The summed E-state index contributed by atoms with van der Waals surface area (Å²) in [6.07, 6.45) is -0.668. The highest BCUT2D eigenvalue weighted by atomic mass is 19.1. The molecule has 0 radical (unpaired) electrons. The monoisotopic (exact) mass is 684 g/mol. The lowest BCUT2D eigenvalue weighted by Crippen LogP contribution is -2.46. The highest BCUT2D eigenvalue weighted by molar-refractivity contribution is 5.87. The zero-order chi connectivity index (χ0) is 36.3. The van der Waals surface area contributed by atoms with E-state index in [4.69, 9.17) is 19.2 Å². The first-order chi connectivity index (χ1) is 24.0. The molecule has 0 aliphatic carbocycles. The van der Waals surface area contributed by atoms with Crippen LogP contribution in [0.1, 0.15) is 63.6 Å². The molecule has 50 heavy (non-hydrogen) atoms. The van der Waals surface area contributed by atoms with Crippen molar-refractivity contribution in [1.82, 2.24) is 9.88 Å². The van der Waals surface area contributed by atoms with Crippen molar-refractivity contribution in [2.24, 2.45) is 0 Å². The molecule has 1 aliphatic rings. The maximum absolute atomic E-state index is 15.6. The van der Waals surface area contributed by atoms with Crippen LogP contribution in [0.15, 0.2) is 91.0 Å². The number of carbonyl (C=O) groups is 2. The molecule has 9 nitrogen and oxygen atoms in total. The lowest BCUT2D eigenvalue weighted by atomic mass is 9.87. The molecule has 1 saturated heterocycles. The van der Waals surface area contributed by atoms with E-state index < -0.39 is 23.8 Å². The minimum absolute atomic E-state index is 0.0629. The summed E-state index contributed by atoms with van der Waals surface area (Å²) >= 11 is 0. The molecule has 3 aromatic carbocycles. The van der Waals surface area contributed by atoms with Crippen molar-refractivity contribution in [2.45, 2.75) is 71.9 Å². The zero-order valence-corrected chi connectivity index (χ0v) is 30.1. The van der Waals surface area contributed by atoms with Crippen LogP contribution in [0.5, 0.6) is 11.8 Å². The number of alkyl halides is 1. The molecule has 0 spiro atoms. The minimum Gasteiger partial charge on any atom is -0.473 e. The Bertz CT molecular complexity index is 1680. The van der Waals surface area contributed by atoms with Gasteiger partial charge in [-0.15, -0.1) is 0 Å². The van der Waals surface area contributed by atoms with Crippen molar-refractivity contribution < 1.29 is 28.2 Å². The predicted octanol–water partition coefficient (Wildman–Crippen LogP) is 8.69. The average molecular weight is 685 g/mol. The molecule has 2 atom stereocenters. The smallest absolute Gasteiger partial charge is 0.410 e. The summed E-state index contributed by atoms with van der Waals surface area (Å²) in [5.41, 5.74) is 4.01. The van der Waals surface area contributed by atoms with Crippen LogP contribution in [0.25, 0.3) is 0 Å². The number of hydrogen-bond donors (Lipinski definition) is 0. The number of benzene rings is 3. The van der Waals surface area contributed by atoms with Crippen molar-refractivity contribution in [2.75, 3.05) is 37.0 Å². The molecule has 2 unspecified atom stereocenters. The Labute approximate surface area is 295 Å². The Hall–Kier alpha value is -5.12. The lowest BCUT2D eigenvalue weighted by molar-refractivity contribution is -0.107. The van der Waals surface area contributed by atoms with Crippen molar-refractivity contribution in [3.05, 3.63) is 108 Å². The number of anilines is 3. The van der Waals surface area contributed by atoms with Crippen LogP contribution in [-0.4, -0.2) is 61.3 Å². The van der Waals surface area contributed by atoms with E-state index in [1.54, 1.807) is 33.9 Å². The molecule has 0 bridgehead atoms. The topological polar surface area (TPSA) is 84.4 Å². The number of halogens is 1. The minimum atomic E-state index is -1.30. The fraction of sp³-hybridized carbons (Fsp3) is 0.375. The third-order valence-electron chi connectivity index (χ3n) is 8.14. The van der Waals surface area contributed by atoms with Gasteiger partial charge in [-0.3, -0.25) is 4.79 Å². The van der Waals surface area contributed by atoms with Crippen LogP contribution in [0.4, 0.5) is 26.2 Å². The zero-order valence-electron chi connectivity index (χ0n) is 30.1. The van der Waals surface area contributed by atoms with Gasteiger partial charge in [0.05, 0.1) is 17.9 Å². The second kappa shape index (κ2) is 17.5. The van der Waals surface area contributed by atoms with Crippen molar-refractivity contribution in [3.63, 3.8) is 0 Å². The van der Waals surface area contributed by atoms with Gasteiger partial charge in [0.1, 0.15) is 30.7 Å².